The SMILES string of the molecule is CCCN1CCCC1.CNCCC(C)C. The summed E-state index contributed by atoms with van der Waals surface area (Å²) in [6.45, 7) is 11.9. The molecule has 92 valence electrons. The summed E-state index contributed by atoms with van der Waals surface area (Å²) in [7, 11) is 1.99. The smallest absolute Gasteiger partial charge is 0.00183 e. The highest BCUT2D eigenvalue weighted by Crippen LogP contribution is 2.06. The minimum absolute atomic E-state index is 0.840. The zero-order valence-corrected chi connectivity index (χ0v) is 11.2. The van der Waals surface area contributed by atoms with E-state index in [2.05, 4.69) is 31.0 Å². The topological polar surface area (TPSA) is 15.3 Å². The van der Waals surface area contributed by atoms with Crippen molar-refractivity contribution in [1.29, 1.82) is 0 Å². The van der Waals surface area contributed by atoms with E-state index < -0.39 is 0 Å². The van der Waals surface area contributed by atoms with Crippen molar-refractivity contribution < 1.29 is 0 Å². The van der Waals surface area contributed by atoms with Gasteiger partial charge in [-0.1, -0.05) is 20.8 Å². The van der Waals surface area contributed by atoms with Gasteiger partial charge in [-0.25, -0.2) is 0 Å². The van der Waals surface area contributed by atoms with Gasteiger partial charge in [-0.05, 0) is 64.8 Å². The van der Waals surface area contributed by atoms with E-state index in [4.69, 9.17) is 0 Å². The Balaban J connectivity index is 0.000000265. The average molecular weight is 214 g/mol. The molecule has 1 aliphatic heterocycles. The van der Waals surface area contributed by atoms with E-state index >= 15 is 0 Å². The fourth-order valence-corrected chi connectivity index (χ4v) is 1.76. The second kappa shape index (κ2) is 10.4. The number of nitrogens with one attached hydrogen (secondary N) is 1. The number of nitrogens with zero attached hydrogens (tertiary/aromatic N) is 1. The maximum Gasteiger partial charge on any atom is -0.00183 e. The molecule has 0 bridgehead atoms. The third-order valence-corrected chi connectivity index (χ3v) is 2.71. The molecule has 0 aromatic rings. The summed E-state index contributed by atoms with van der Waals surface area (Å²) in [5.74, 6) is 0.840. The molecule has 0 aromatic carbocycles. The van der Waals surface area contributed by atoms with Crippen LogP contribution in [0.1, 0.15) is 46.5 Å². The molecule has 1 fully saturated rings. The van der Waals surface area contributed by atoms with Crippen LogP contribution in [0.5, 0.6) is 0 Å². The van der Waals surface area contributed by atoms with Gasteiger partial charge in [0.2, 0.25) is 0 Å². The minimum atomic E-state index is 0.840. The van der Waals surface area contributed by atoms with Gasteiger partial charge in [0.25, 0.3) is 0 Å². The highest BCUT2D eigenvalue weighted by molar-refractivity contribution is 4.64. The fourth-order valence-electron chi connectivity index (χ4n) is 1.76. The molecule has 0 amide bonds. The van der Waals surface area contributed by atoms with E-state index in [9.17, 15) is 0 Å². The van der Waals surface area contributed by atoms with E-state index in [-0.39, 0.29) is 0 Å². The summed E-state index contributed by atoms with van der Waals surface area (Å²) in [5, 5.41) is 3.10. The van der Waals surface area contributed by atoms with Crippen molar-refractivity contribution in [1.82, 2.24) is 10.2 Å². The molecule has 1 N–H and O–H groups in total. The van der Waals surface area contributed by atoms with Crippen LogP contribution in [-0.2, 0) is 0 Å². The van der Waals surface area contributed by atoms with Gasteiger partial charge in [0.15, 0.2) is 0 Å². The summed E-state index contributed by atoms with van der Waals surface area (Å²) >= 11 is 0. The second-order valence-electron chi connectivity index (χ2n) is 4.83. The highest BCUT2D eigenvalue weighted by Gasteiger charge is 2.08. The van der Waals surface area contributed by atoms with Crippen molar-refractivity contribution in [2.24, 2.45) is 5.92 Å². The van der Waals surface area contributed by atoms with E-state index in [1.54, 1.807) is 0 Å². The Bertz CT molecular complexity index is 118. The summed E-state index contributed by atoms with van der Waals surface area (Å²) < 4.78 is 0. The number of likely N-dealkylation sites (tertiary alicyclic amines) is 1. The zero-order chi connectivity index (χ0) is 11.5. The number of rotatable bonds is 5. The fraction of sp³-hybridized carbons (Fsp3) is 1.00. The molecular formula is C13H30N2. The van der Waals surface area contributed by atoms with E-state index in [1.807, 2.05) is 7.05 Å². The Morgan fingerprint density at radius 1 is 1.20 bits per heavy atom. The van der Waals surface area contributed by atoms with Crippen LogP contribution in [0.15, 0.2) is 0 Å². The third kappa shape index (κ3) is 10.2. The third-order valence-electron chi connectivity index (χ3n) is 2.71. The van der Waals surface area contributed by atoms with Crippen LogP contribution in [0, 0.1) is 5.92 Å². The second-order valence-corrected chi connectivity index (χ2v) is 4.83. The van der Waals surface area contributed by atoms with Gasteiger partial charge >= 0.3 is 0 Å². The molecule has 2 nitrogen and oxygen atoms in total. The maximum absolute atomic E-state index is 3.10. The molecule has 0 unspecified atom stereocenters. The van der Waals surface area contributed by atoms with Gasteiger partial charge in [-0.3, -0.25) is 0 Å². The summed E-state index contributed by atoms with van der Waals surface area (Å²) in [6.07, 6.45) is 5.47. The number of hydrogen-bond acceptors (Lipinski definition) is 2. The molecule has 1 aliphatic rings. The molecular weight excluding hydrogens is 184 g/mol. The summed E-state index contributed by atoms with van der Waals surface area (Å²) in [6, 6.07) is 0. The van der Waals surface area contributed by atoms with Crippen molar-refractivity contribution in [3.8, 4) is 0 Å². The van der Waals surface area contributed by atoms with Gasteiger partial charge in [-0.2, -0.15) is 0 Å². The Hall–Kier alpha value is -0.0800. The molecule has 0 radical (unpaired) electrons. The highest BCUT2D eigenvalue weighted by atomic mass is 15.1. The van der Waals surface area contributed by atoms with Crippen LogP contribution < -0.4 is 5.32 Å². The molecule has 0 saturated carbocycles. The molecule has 1 saturated heterocycles. The molecule has 2 heteroatoms. The van der Waals surface area contributed by atoms with Crippen molar-refractivity contribution >= 4 is 0 Å². The predicted octanol–water partition coefficient (Wildman–Crippen LogP) is 2.74. The lowest BCUT2D eigenvalue weighted by molar-refractivity contribution is 0.339. The lowest BCUT2D eigenvalue weighted by atomic mass is 10.1. The van der Waals surface area contributed by atoms with Crippen LogP contribution >= 0.6 is 0 Å². The van der Waals surface area contributed by atoms with Gasteiger partial charge < -0.3 is 10.2 Å². The molecule has 0 aliphatic carbocycles. The normalized spacial score (nSPS) is 16.6. The minimum Gasteiger partial charge on any atom is -0.320 e. The zero-order valence-electron chi connectivity index (χ0n) is 11.2. The average Bonchev–Trinajstić information content (AvgIpc) is 2.69. The summed E-state index contributed by atoms with van der Waals surface area (Å²) in [5.41, 5.74) is 0. The lowest BCUT2D eigenvalue weighted by Crippen LogP contribution is -2.19. The molecule has 15 heavy (non-hydrogen) atoms. The van der Waals surface area contributed by atoms with E-state index in [0.717, 1.165) is 12.5 Å². The van der Waals surface area contributed by atoms with Gasteiger partial charge in [-0.15, -0.1) is 0 Å². The maximum atomic E-state index is 3.10. The van der Waals surface area contributed by atoms with Crippen LogP contribution in [0.3, 0.4) is 0 Å². The summed E-state index contributed by atoms with van der Waals surface area (Å²) in [4.78, 5) is 2.54. The number of hydrogen-bond donors (Lipinski definition) is 1. The lowest BCUT2D eigenvalue weighted by Gasteiger charge is -2.11. The van der Waals surface area contributed by atoms with Crippen LogP contribution in [-0.4, -0.2) is 38.1 Å². The molecule has 0 aromatic heterocycles. The van der Waals surface area contributed by atoms with Gasteiger partial charge in [0.05, 0.1) is 0 Å². The largest absolute Gasteiger partial charge is 0.320 e. The quantitative estimate of drug-likeness (QED) is 0.757. The van der Waals surface area contributed by atoms with Crippen LogP contribution in [0.4, 0.5) is 0 Å². The van der Waals surface area contributed by atoms with Crippen molar-refractivity contribution in [2.75, 3.05) is 33.2 Å². The van der Waals surface area contributed by atoms with Crippen LogP contribution in [0.25, 0.3) is 0 Å². The van der Waals surface area contributed by atoms with Gasteiger partial charge in [0.1, 0.15) is 0 Å². The molecule has 0 atom stereocenters. The van der Waals surface area contributed by atoms with Crippen LogP contribution in [0.2, 0.25) is 0 Å². The first kappa shape index (κ1) is 14.9. The van der Waals surface area contributed by atoms with Crippen molar-refractivity contribution in [2.45, 2.75) is 46.5 Å². The van der Waals surface area contributed by atoms with Gasteiger partial charge in [0, 0.05) is 0 Å². The predicted molar refractivity (Wildman–Crippen MR) is 69.3 cm³/mol. The Morgan fingerprint density at radius 3 is 2.13 bits per heavy atom. The van der Waals surface area contributed by atoms with Crippen molar-refractivity contribution in [3.63, 3.8) is 0 Å². The standard InChI is InChI=1S/C7H15N.C6H15N/c1-2-5-8-6-3-4-7-8;1-6(2)4-5-7-3/h2-7H2,1H3;6-7H,4-5H2,1-3H3. The molecule has 1 rings (SSSR count). The first-order chi connectivity index (χ1) is 7.20. The Kier molecular flexibility index (Phi) is 10.4. The van der Waals surface area contributed by atoms with E-state index in [1.165, 1.54) is 45.3 Å². The Labute approximate surface area is 96.4 Å². The first-order valence-electron chi connectivity index (χ1n) is 6.57. The van der Waals surface area contributed by atoms with E-state index in [0.29, 0.717) is 0 Å². The Morgan fingerprint density at radius 2 is 1.80 bits per heavy atom. The molecule has 1 heterocycles. The monoisotopic (exact) mass is 214 g/mol. The van der Waals surface area contributed by atoms with Crippen molar-refractivity contribution in [3.05, 3.63) is 0 Å². The first-order valence-corrected chi connectivity index (χ1v) is 6.57. The molecule has 0 spiro atoms.